The summed E-state index contributed by atoms with van der Waals surface area (Å²) in [4.78, 5) is 16.2. The largest absolute Gasteiger partial charge is 0.384 e. The van der Waals surface area contributed by atoms with Crippen LogP contribution in [0.1, 0.15) is 18.2 Å². The quantitative estimate of drug-likeness (QED) is 0.772. The molecule has 0 bridgehead atoms. The van der Waals surface area contributed by atoms with Crippen LogP contribution in [0, 0.1) is 0 Å². The van der Waals surface area contributed by atoms with Crippen LogP contribution in [0.4, 0.5) is 0 Å². The van der Waals surface area contributed by atoms with Gasteiger partial charge in [0, 0.05) is 26.4 Å². The zero-order valence-electron chi connectivity index (χ0n) is 11.9. The molecule has 0 spiro atoms. The van der Waals surface area contributed by atoms with E-state index in [0.29, 0.717) is 19.6 Å². The molecule has 0 fully saturated rings. The van der Waals surface area contributed by atoms with Gasteiger partial charge in [-0.25, -0.2) is 0 Å². The first kappa shape index (κ1) is 14.0. The van der Waals surface area contributed by atoms with Crippen LogP contribution in [0.2, 0.25) is 0 Å². The van der Waals surface area contributed by atoms with Crippen LogP contribution in [0.25, 0.3) is 0 Å². The van der Waals surface area contributed by atoms with E-state index in [-0.39, 0.29) is 11.9 Å². The van der Waals surface area contributed by atoms with E-state index in [9.17, 15) is 4.79 Å². The van der Waals surface area contributed by atoms with E-state index in [1.54, 1.807) is 13.3 Å². The molecule has 2 rings (SSSR count). The van der Waals surface area contributed by atoms with Crippen LogP contribution < -0.4 is 0 Å². The average Bonchev–Trinajstić information content (AvgIpc) is 2.83. The highest BCUT2D eigenvalue weighted by Gasteiger charge is 2.28. The number of fused-ring (bicyclic) bond motifs is 1. The highest BCUT2D eigenvalue weighted by molar-refractivity contribution is 5.76. The second kappa shape index (κ2) is 6.16. The lowest BCUT2D eigenvalue weighted by molar-refractivity contribution is -0.134. The standard InChI is InChI=1S/C13H22N4O2/c1-15(2)8-12-10-16(13(18)5-7-19-3)9-11-4-6-14-17(11)12/h4,6,12H,5,7-10H2,1-3H3. The van der Waals surface area contributed by atoms with Crippen LogP contribution >= 0.6 is 0 Å². The van der Waals surface area contributed by atoms with Gasteiger partial charge in [-0.2, -0.15) is 5.10 Å². The van der Waals surface area contributed by atoms with Crippen molar-refractivity contribution in [3.63, 3.8) is 0 Å². The molecule has 0 aliphatic carbocycles. The fourth-order valence-electron chi connectivity index (χ4n) is 2.48. The first-order chi connectivity index (χ1) is 9.11. The van der Waals surface area contributed by atoms with Crippen LogP contribution in [0.5, 0.6) is 0 Å². The maximum atomic E-state index is 12.1. The number of likely N-dealkylation sites (N-methyl/N-ethyl adjacent to an activating group) is 1. The Hall–Kier alpha value is -1.40. The van der Waals surface area contributed by atoms with E-state index >= 15 is 0 Å². The molecule has 0 radical (unpaired) electrons. The van der Waals surface area contributed by atoms with Gasteiger partial charge >= 0.3 is 0 Å². The van der Waals surface area contributed by atoms with Crippen molar-refractivity contribution in [3.05, 3.63) is 18.0 Å². The summed E-state index contributed by atoms with van der Waals surface area (Å²) in [6.07, 6.45) is 2.25. The molecule has 1 aromatic heterocycles. The molecular weight excluding hydrogens is 244 g/mol. The Kier molecular flexibility index (Phi) is 4.55. The Labute approximate surface area is 113 Å². The zero-order valence-corrected chi connectivity index (χ0v) is 11.9. The number of hydrogen-bond acceptors (Lipinski definition) is 4. The Morgan fingerprint density at radius 1 is 1.58 bits per heavy atom. The lowest BCUT2D eigenvalue weighted by Gasteiger charge is -2.35. The molecule has 0 saturated carbocycles. The molecule has 1 amide bonds. The Balaban J connectivity index is 2.08. The van der Waals surface area contributed by atoms with E-state index in [4.69, 9.17) is 4.74 Å². The van der Waals surface area contributed by atoms with E-state index in [2.05, 4.69) is 10.00 Å². The van der Waals surface area contributed by atoms with Gasteiger partial charge in [0.25, 0.3) is 0 Å². The van der Waals surface area contributed by atoms with E-state index < -0.39 is 0 Å². The maximum absolute atomic E-state index is 12.1. The summed E-state index contributed by atoms with van der Waals surface area (Å²) < 4.78 is 7.02. The molecule has 1 aliphatic rings. The summed E-state index contributed by atoms with van der Waals surface area (Å²) in [6.45, 7) is 2.72. The predicted octanol–water partition coefficient (Wildman–Crippen LogP) is 0.365. The van der Waals surface area contributed by atoms with Crippen molar-refractivity contribution in [1.82, 2.24) is 19.6 Å². The highest BCUT2D eigenvalue weighted by atomic mass is 16.5. The summed E-state index contributed by atoms with van der Waals surface area (Å²) in [5.41, 5.74) is 1.10. The van der Waals surface area contributed by atoms with Crippen LogP contribution in [0.15, 0.2) is 12.3 Å². The van der Waals surface area contributed by atoms with Crippen molar-refractivity contribution in [2.24, 2.45) is 0 Å². The molecule has 6 heteroatoms. The molecule has 106 valence electrons. The van der Waals surface area contributed by atoms with Crippen molar-refractivity contribution in [2.75, 3.05) is 40.9 Å². The van der Waals surface area contributed by atoms with Crippen molar-refractivity contribution in [1.29, 1.82) is 0 Å². The van der Waals surface area contributed by atoms with Gasteiger partial charge in [-0.05, 0) is 20.2 Å². The predicted molar refractivity (Wildman–Crippen MR) is 71.7 cm³/mol. The van der Waals surface area contributed by atoms with Gasteiger partial charge < -0.3 is 14.5 Å². The van der Waals surface area contributed by atoms with Gasteiger partial charge in [0.2, 0.25) is 5.91 Å². The number of carbonyl (C=O) groups excluding carboxylic acids is 1. The summed E-state index contributed by atoms with van der Waals surface area (Å²) in [6, 6.07) is 2.21. The van der Waals surface area contributed by atoms with Crippen molar-refractivity contribution in [2.45, 2.75) is 19.0 Å². The Morgan fingerprint density at radius 2 is 2.37 bits per heavy atom. The second-order valence-electron chi connectivity index (χ2n) is 5.20. The number of ether oxygens (including phenoxy) is 1. The molecule has 1 unspecified atom stereocenters. The Bertz CT molecular complexity index is 430. The molecule has 0 saturated heterocycles. The molecule has 1 aliphatic heterocycles. The van der Waals surface area contributed by atoms with Crippen LogP contribution in [-0.2, 0) is 16.1 Å². The van der Waals surface area contributed by atoms with Crippen molar-refractivity contribution < 1.29 is 9.53 Å². The summed E-state index contributed by atoms with van der Waals surface area (Å²) >= 11 is 0. The first-order valence-electron chi connectivity index (χ1n) is 6.55. The monoisotopic (exact) mass is 266 g/mol. The highest BCUT2D eigenvalue weighted by Crippen LogP contribution is 2.21. The minimum Gasteiger partial charge on any atom is -0.384 e. The SMILES string of the molecule is COCCC(=O)N1Cc2ccnn2C(CN(C)C)C1. The Morgan fingerprint density at radius 3 is 3.05 bits per heavy atom. The van der Waals surface area contributed by atoms with Gasteiger partial charge in [0.15, 0.2) is 0 Å². The summed E-state index contributed by atoms with van der Waals surface area (Å²) in [5, 5.41) is 4.37. The molecule has 2 heterocycles. The van der Waals surface area contributed by atoms with Gasteiger partial charge in [0.05, 0.1) is 31.3 Å². The molecule has 0 N–H and O–H groups in total. The van der Waals surface area contributed by atoms with E-state index in [0.717, 1.165) is 18.8 Å². The van der Waals surface area contributed by atoms with Gasteiger partial charge in [0.1, 0.15) is 0 Å². The van der Waals surface area contributed by atoms with Crippen molar-refractivity contribution in [3.8, 4) is 0 Å². The average molecular weight is 266 g/mol. The lowest BCUT2D eigenvalue weighted by Crippen LogP contribution is -2.44. The van der Waals surface area contributed by atoms with Crippen molar-refractivity contribution >= 4 is 5.91 Å². The fourth-order valence-corrected chi connectivity index (χ4v) is 2.48. The molecule has 6 nitrogen and oxygen atoms in total. The molecule has 1 atom stereocenters. The molecule has 0 aromatic carbocycles. The minimum atomic E-state index is 0.151. The molecule has 19 heavy (non-hydrogen) atoms. The third-order valence-corrected chi connectivity index (χ3v) is 3.33. The number of amides is 1. The third-order valence-electron chi connectivity index (χ3n) is 3.33. The number of nitrogens with zero attached hydrogens (tertiary/aromatic N) is 4. The zero-order chi connectivity index (χ0) is 13.8. The number of aromatic nitrogens is 2. The number of hydrogen-bond donors (Lipinski definition) is 0. The first-order valence-corrected chi connectivity index (χ1v) is 6.55. The lowest BCUT2D eigenvalue weighted by atomic mass is 10.1. The summed E-state index contributed by atoms with van der Waals surface area (Å²) in [5.74, 6) is 0.151. The maximum Gasteiger partial charge on any atom is 0.225 e. The van der Waals surface area contributed by atoms with E-state index in [1.165, 1.54) is 0 Å². The number of methoxy groups -OCH3 is 1. The van der Waals surface area contributed by atoms with Gasteiger partial charge in [-0.15, -0.1) is 0 Å². The second-order valence-corrected chi connectivity index (χ2v) is 5.20. The van der Waals surface area contributed by atoms with E-state index in [1.807, 2.05) is 29.7 Å². The smallest absolute Gasteiger partial charge is 0.225 e. The summed E-state index contributed by atoms with van der Waals surface area (Å²) in [7, 11) is 5.69. The fraction of sp³-hybridized carbons (Fsp3) is 0.692. The van der Waals surface area contributed by atoms with Crippen LogP contribution in [-0.4, -0.2) is 66.4 Å². The van der Waals surface area contributed by atoms with Gasteiger partial charge in [-0.1, -0.05) is 0 Å². The third kappa shape index (κ3) is 3.33. The van der Waals surface area contributed by atoms with Crippen LogP contribution in [0.3, 0.4) is 0 Å². The topological polar surface area (TPSA) is 50.6 Å². The molecule has 1 aromatic rings. The normalized spacial score (nSPS) is 18.7. The minimum absolute atomic E-state index is 0.151. The number of rotatable bonds is 5. The van der Waals surface area contributed by atoms with Gasteiger partial charge in [-0.3, -0.25) is 9.48 Å². The number of carbonyl (C=O) groups is 1. The molecular formula is C13H22N4O2.